The van der Waals surface area contributed by atoms with Crippen LogP contribution >= 0.6 is 0 Å². The molecule has 1 atom stereocenters. The number of nitrogens with zero attached hydrogens (tertiary/aromatic N) is 1. The molecule has 0 aliphatic heterocycles. The minimum Gasteiger partial charge on any atom is -0.313 e. The van der Waals surface area contributed by atoms with Gasteiger partial charge in [0.25, 0.3) is 0 Å². The van der Waals surface area contributed by atoms with Crippen molar-refractivity contribution in [2.45, 2.75) is 48.0 Å². The molecular formula is C20H32N2. The second-order valence-electron chi connectivity index (χ2n) is 6.37. The molecule has 0 spiro atoms. The molecule has 2 heteroatoms. The van der Waals surface area contributed by atoms with Crippen LogP contribution < -0.4 is 5.32 Å². The van der Waals surface area contributed by atoms with Crippen molar-refractivity contribution >= 4 is 5.57 Å². The number of nitrogens with one attached hydrogen (secondary N) is 1. The highest BCUT2D eigenvalue weighted by molar-refractivity contribution is 5.76. The van der Waals surface area contributed by atoms with Gasteiger partial charge in [-0.2, -0.15) is 0 Å². The Bertz CT molecular complexity index is 512. The largest absolute Gasteiger partial charge is 0.313 e. The Hall–Kier alpha value is -1.41. The first-order valence-corrected chi connectivity index (χ1v) is 8.53. The third-order valence-electron chi connectivity index (χ3n) is 4.03. The quantitative estimate of drug-likeness (QED) is 0.682. The zero-order valence-corrected chi connectivity index (χ0v) is 15.1. The fourth-order valence-corrected chi connectivity index (χ4v) is 2.44. The standard InChI is InChI=1S/C20H32N2/c1-7-16(5)19(13-21-8-2)12-18(11-15(3)4)20-14-22-10-9-17(20)6/h9-12,14-16,21H,7-8,13H2,1-6H3/b18-11-,19-12-. The predicted octanol–water partition coefficient (Wildman–Crippen LogP) is 5.01. The van der Waals surface area contributed by atoms with Crippen LogP contribution in [0.4, 0.5) is 0 Å². The molecule has 1 heterocycles. The summed E-state index contributed by atoms with van der Waals surface area (Å²) in [5.74, 6) is 1.11. The maximum atomic E-state index is 4.32. The monoisotopic (exact) mass is 300 g/mol. The van der Waals surface area contributed by atoms with E-state index in [0.717, 1.165) is 19.5 Å². The van der Waals surface area contributed by atoms with Crippen LogP contribution in [0.3, 0.4) is 0 Å². The molecule has 1 unspecified atom stereocenters. The van der Waals surface area contributed by atoms with Crippen molar-refractivity contribution in [3.63, 3.8) is 0 Å². The van der Waals surface area contributed by atoms with Crippen LogP contribution in [0.1, 0.15) is 52.2 Å². The topological polar surface area (TPSA) is 24.9 Å². The summed E-state index contributed by atoms with van der Waals surface area (Å²) in [4.78, 5) is 4.32. The first kappa shape index (κ1) is 18.6. The number of aromatic nitrogens is 1. The fourth-order valence-electron chi connectivity index (χ4n) is 2.44. The summed E-state index contributed by atoms with van der Waals surface area (Å²) in [5.41, 5.74) is 5.30. The highest BCUT2D eigenvalue weighted by atomic mass is 14.8. The third-order valence-corrected chi connectivity index (χ3v) is 4.03. The van der Waals surface area contributed by atoms with E-state index in [0.29, 0.717) is 11.8 Å². The van der Waals surface area contributed by atoms with Crippen molar-refractivity contribution < 1.29 is 0 Å². The molecule has 22 heavy (non-hydrogen) atoms. The molecular weight excluding hydrogens is 268 g/mol. The van der Waals surface area contributed by atoms with E-state index in [-0.39, 0.29) is 0 Å². The lowest BCUT2D eigenvalue weighted by Gasteiger charge is -2.17. The molecule has 0 saturated carbocycles. The Morgan fingerprint density at radius 2 is 2.00 bits per heavy atom. The molecule has 0 bridgehead atoms. The van der Waals surface area contributed by atoms with E-state index in [1.54, 1.807) is 0 Å². The van der Waals surface area contributed by atoms with E-state index >= 15 is 0 Å². The summed E-state index contributed by atoms with van der Waals surface area (Å²) in [6, 6.07) is 2.09. The van der Waals surface area contributed by atoms with Crippen LogP contribution in [0.5, 0.6) is 0 Å². The first-order chi connectivity index (χ1) is 10.5. The SMILES string of the molecule is CCNC/C(=C/C(=C/C(C)C)c1cnccc1C)C(C)CC. The second-order valence-corrected chi connectivity index (χ2v) is 6.37. The summed E-state index contributed by atoms with van der Waals surface area (Å²) in [5, 5.41) is 3.48. The smallest absolute Gasteiger partial charge is 0.0348 e. The molecule has 1 rings (SSSR count). The fraction of sp³-hybridized carbons (Fsp3) is 0.550. The van der Waals surface area contributed by atoms with Crippen molar-refractivity contribution in [3.05, 3.63) is 47.3 Å². The Morgan fingerprint density at radius 3 is 2.55 bits per heavy atom. The van der Waals surface area contributed by atoms with Crippen molar-refractivity contribution in [3.8, 4) is 0 Å². The number of rotatable bonds is 8. The summed E-state index contributed by atoms with van der Waals surface area (Å²) in [6.07, 6.45) is 9.74. The maximum Gasteiger partial charge on any atom is 0.0348 e. The van der Waals surface area contributed by atoms with Gasteiger partial charge in [0.2, 0.25) is 0 Å². The third kappa shape index (κ3) is 5.76. The van der Waals surface area contributed by atoms with Crippen LogP contribution in [0.15, 0.2) is 36.2 Å². The number of aryl methyl sites for hydroxylation is 1. The van der Waals surface area contributed by atoms with Crippen molar-refractivity contribution in [1.82, 2.24) is 10.3 Å². The average Bonchev–Trinajstić information content (AvgIpc) is 2.49. The number of pyridine rings is 1. The van der Waals surface area contributed by atoms with Gasteiger partial charge in [-0.1, -0.05) is 52.3 Å². The molecule has 122 valence electrons. The Labute approximate surface area is 136 Å². The minimum absolute atomic E-state index is 0.517. The van der Waals surface area contributed by atoms with Crippen molar-refractivity contribution in [1.29, 1.82) is 0 Å². The van der Waals surface area contributed by atoms with Gasteiger partial charge >= 0.3 is 0 Å². The van der Waals surface area contributed by atoms with Crippen LogP contribution in [-0.2, 0) is 0 Å². The molecule has 0 fully saturated rings. The van der Waals surface area contributed by atoms with E-state index in [9.17, 15) is 0 Å². The van der Waals surface area contributed by atoms with Gasteiger partial charge in [-0.05, 0) is 48.9 Å². The molecule has 1 aromatic heterocycles. The van der Waals surface area contributed by atoms with Gasteiger partial charge < -0.3 is 5.32 Å². The van der Waals surface area contributed by atoms with Gasteiger partial charge in [-0.15, -0.1) is 0 Å². The molecule has 0 aromatic carbocycles. The van der Waals surface area contributed by atoms with E-state index in [1.165, 1.54) is 22.3 Å². The van der Waals surface area contributed by atoms with Gasteiger partial charge in [0, 0.05) is 24.5 Å². The lowest BCUT2D eigenvalue weighted by atomic mass is 9.92. The Morgan fingerprint density at radius 1 is 1.27 bits per heavy atom. The molecule has 0 amide bonds. The highest BCUT2D eigenvalue weighted by Crippen LogP contribution is 2.25. The highest BCUT2D eigenvalue weighted by Gasteiger charge is 2.10. The molecule has 0 radical (unpaired) electrons. The first-order valence-electron chi connectivity index (χ1n) is 8.53. The van der Waals surface area contributed by atoms with E-state index in [1.807, 2.05) is 12.4 Å². The number of hydrogen-bond donors (Lipinski definition) is 1. The van der Waals surface area contributed by atoms with Crippen LogP contribution in [-0.4, -0.2) is 18.1 Å². The molecule has 0 saturated heterocycles. The number of likely N-dealkylation sites (N-methyl/N-ethyl adjacent to an activating group) is 1. The van der Waals surface area contributed by atoms with Crippen LogP contribution in [0.25, 0.3) is 5.57 Å². The zero-order chi connectivity index (χ0) is 16.5. The van der Waals surface area contributed by atoms with Gasteiger partial charge in [-0.3, -0.25) is 4.98 Å². The van der Waals surface area contributed by atoms with E-state index in [4.69, 9.17) is 0 Å². The second kappa shape index (κ2) is 9.58. The molecule has 0 aliphatic rings. The molecule has 1 aromatic rings. The zero-order valence-electron chi connectivity index (χ0n) is 15.1. The Balaban J connectivity index is 3.25. The average molecular weight is 300 g/mol. The molecule has 1 N–H and O–H groups in total. The van der Waals surface area contributed by atoms with Gasteiger partial charge in [0.05, 0.1) is 0 Å². The van der Waals surface area contributed by atoms with Gasteiger partial charge in [0.15, 0.2) is 0 Å². The maximum absolute atomic E-state index is 4.32. The van der Waals surface area contributed by atoms with Gasteiger partial charge in [0.1, 0.15) is 0 Å². The summed E-state index contributed by atoms with van der Waals surface area (Å²) in [7, 11) is 0. The van der Waals surface area contributed by atoms with Crippen molar-refractivity contribution in [2.24, 2.45) is 11.8 Å². The minimum atomic E-state index is 0.517. The lowest BCUT2D eigenvalue weighted by molar-refractivity contribution is 0.612. The lowest BCUT2D eigenvalue weighted by Crippen LogP contribution is -2.19. The van der Waals surface area contributed by atoms with Crippen LogP contribution in [0, 0.1) is 18.8 Å². The number of allylic oxidation sites excluding steroid dienone is 3. The van der Waals surface area contributed by atoms with E-state index in [2.05, 4.69) is 70.1 Å². The Kier molecular flexibility index (Phi) is 8.11. The van der Waals surface area contributed by atoms with Crippen LogP contribution in [0.2, 0.25) is 0 Å². The molecule has 0 aliphatic carbocycles. The summed E-state index contributed by atoms with van der Waals surface area (Å²) in [6.45, 7) is 15.3. The van der Waals surface area contributed by atoms with Gasteiger partial charge in [-0.25, -0.2) is 0 Å². The van der Waals surface area contributed by atoms with E-state index < -0.39 is 0 Å². The summed E-state index contributed by atoms with van der Waals surface area (Å²) >= 11 is 0. The normalized spacial score (nSPS) is 14.5. The predicted molar refractivity (Wildman–Crippen MR) is 97.9 cm³/mol. The number of hydrogen-bond acceptors (Lipinski definition) is 2. The summed E-state index contributed by atoms with van der Waals surface area (Å²) < 4.78 is 0. The molecule has 2 nitrogen and oxygen atoms in total. The van der Waals surface area contributed by atoms with Crippen molar-refractivity contribution in [2.75, 3.05) is 13.1 Å².